The Morgan fingerprint density at radius 2 is 1.78 bits per heavy atom. The lowest BCUT2D eigenvalue weighted by atomic mass is 10.2. The van der Waals surface area contributed by atoms with Gasteiger partial charge in [-0.1, -0.05) is 12.1 Å². The van der Waals surface area contributed by atoms with Crippen molar-refractivity contribution in [1.82, 2.24) is 0 Å². The Morgan fingerprint density at radius 3 is 2.17 bits per heavy atom. The third kappa shape index (κ3) is 3.74. The van der Waals surface area contributed by atoms with E-state index in [1.807, 2.05) is 52.0 Å². The zero-order chi connectivity index (χ0) is 13.7. The molecule has 0 aliphatic rings. The summed E-state index contributed by atoms with van der Waals surface area (Å²) in [5.41, 5.74) is 7.42. The number of ether oxygens (including phenoxy) is 1. The highest BCUT2D eigenvalue weighted by Gasteiger charge is 2.21. The summed E-state index contributed by atoms with van der Waals surface area (Å²) in [4.78, 5) is 13.7. The van der Waals surface area contributed by atoms with E-state index in [2.05, 4.69) is 0 Å². The minimum absolute atomic E-state index is 0.0416. The number of amides is 1. The van der Waals surface area contributed by atoms with Crippen LogP contribution in [0.1, 0.15) is 33.3 Å². The number of carbonyl (C=O) groups excluding carboxylic acids is 1. The van der Waals surface area contributed by atoms with Crippen LogP contribution in [-0.4, -0.2) is 18.2 Å². The molecule has 4 nitrogen and oxygen atoms in total. The fourth-order valence-electron chi connectivity index (χ4n) is 1.67. The number of hydrogen-bond donors (Lipinski definition) is 1. The molecule has 0 fully saturated rings. The molecule has 0 aliphatic heterocycles. The lowest BCUT2D eigenvalue weighted by Gasteiger charge is -2.27. The van der Waals surface area contributed by atoms with E-state index in [1.54, 1.807) is 4.90 Å². The minimum Gasteiger partial charge on any atom is -0.446 e. The third-order valence-corrected chi connectivity index (χ3v) is 2.50. The molecule has 0 radical (unpaired) electrons. The van der Waals surface area contributed by atoms with Crippen molar-refractivity contribution in [1.29, 1.82) is 0 Å². The van der Waals surface area contributed by atoms with E-state index in [9.17, 15) is 4.79 Å². The lowest BCUT2D eigenvalue weighted by Crippen LogP contribution is -2.38. The van der Waals surface area contributed by atoms with Gasteiger partial charge in [0.2, 0.25) is 0 Å². The first kappa shape index (κ1) is 14.5. The summed E-state index contributed by atoms with van der Waals surface area (Å²) in [7, 11) is 0. The minimum atomic E-state index is -0.319. The summed E-state index contributed by atoms with van der Waals surface area (Å²) >= 11 is 0. The van der Waals surface area contributed by atoms with E-state index >= 15 is 0 Å². The average Bonchev–Trinajstić information content (AvgIpc) is 2.28. The molecule has 1 amide bonds. The Labute approximate surface area is 109 Å². The van der Waals surface area contributed by atoms with Crippen molar-refractivity contribution in [2.45, 2.75) is 46.4 Å². The van der Waals surface area contributed by atoms with Crippen LogP contribution >= 0.6 is 0 Å². The number of rotatable bonds is 4. The Kier molecular flexibility index (Phi) is 5.16. The van der Waals surface area contributed by atoms with Crippen molar-refractivity contribution in [3.05, 3.63) is 29.8 Å². The van der Waals surface area contributed by atoms with Crippen LogP contribution in [0.2, 0.25) is 0 Å². The van der Waals surface area contributed by atoms with Gasteiger partial charge < -0.3 is 10.5 Å². The molecule has 0 heterocycles. The van der Waals surface area contributed by atoms with Gasteiger partial charge in [0, 0.05) is 18.3 Å². The molecule has 18 heavy (non-hydrogen) atoms. The number of carbonyl (C=O) groups is 1. The molecule has 0 unspecified atom stereocenters. The molecule has 0 saturated carbocycles. The van der Waals surface area contributed by atoms with Gasteiger partial charge in [0.25, 0.3) is 0 Å². The van der Waals surface area contributed by atoms with Gasteiger partial charge in [0.05, 0.1) is 6.10 Å². The Hall–Kier alpha value is -1.55. The third-order valence-electron chi connectivity index (χ3n) is 2.50. The second-order valence-corrected chi connectivity index (χ2v) is 4.77. The fourth-order valence-corrected chi connectivity index (χ4v) is 1.67. The second-order valence-electron chi connectivity index (χ2n) is 4.77. The highest BCUT2D eigenvalue weighted by molar-refractivity contribution is 5.88. The highest BCUT2D eigenvalue weighted by atomic mass is 16.6. The molecular formula is C14H22N2O2. The molecule has 1 aromatic rings. The standard InChI is InChI=1S/C14H22N2O2/c1-10(2)16(14(17)18-11(3)4)13-7-5-12(9-15)6-8-13/h5-8,10-11H,9,15H2,1-4H3. The summed E-state index contributed by atoms with van der Waals surface area (Å²) in [6, 6.07) is 7.67. The van der Waals surface area contributed by atoms with Gasteiger partial charge in [-0.2, -0.15) is 0 Å². The maximum atomic E-state index is 12.0. The van der Waals surface area contributed by atoms with Crippen LogP contribution in [-0.2, 0) is 11.3 Å². The monoisotopic (exact) mass is 250 g/mol. The predicted octanol–water partition coefficient (Wildman–Crippen LogP) is 2.91. The predicted molar refractivity (Wildman–Crippen MR) is 73.6 cm³/mol. The zero-order valence-electron chi connectivity index (χ0n) is 11.5. The second kappa shape index (κ2) is 6.40. The number of nitrogens with two attached hydrogens (primary N) is 1. The molecule has 0 atom stereocenters. The van der Waals surface area contributed by atoms with Crippen LogP contribution in [0.5, 0.6) is 0 Å². The van der Waals surface area contributed by atoms with Crippen molar-refractivity contribution in [3.63, 3.8) is 0 Å². The van der Waals surface area contributed by atoms with Gasteiger partial charge in [-0.3, -0.25) is 4.90 Å². The van der Waals surface area contributed by atoms with Gasteiger partial charge in [0.15, 0.2) is 0 Å². The first-order valence-electron chi connectivity index (χ1n) is 6.24. The van der Waals surface area contributed by atoms with Crippen LogP contribution in [0.25, 0.3) is 0 Å². The topological polar surface area (TPSA) is 55.6 Å². The van der Waals surface area contributed by atoms with Crippen molar-refractivity contribution in [3.8, 4) is 0 Å². The smallest absolute Gasteiger partial charge is 0.414 e. The number of benzene rings is 1. The van der Waals surface area contributed by atoms with Gasteiger partial charge in [0.1, 0.15) is 0 Å². The van der Waals surface area contributed by atoms with Crippen molar-refractivity contribution >= 4 is 11.8 Å². The van der Waals surface area contributed by atoms with Crippen molar-refractivity contribution in [2.24, 2.45) is 5.73 Å². The van der Waals surface area contributed by atoms with Crippen LogP contribution in [0, 0.1) is 0 Å². The Bertz CT molecular complexity index is 385. The number of anilines is 1. The molecule has 1 aromatic carbocycles. The molecule has 0 aromatic heterocycles. The average molecular weight is 250 g/mol. The summed E-state index contributed by atoms with van der Waals surface area (Å²) < 4.78 is 5.25. The van der Waals surface area contributed by atoms with Crippen molar-refractivity contribution in [2.75, 3.05) is 4.90 Å². The molecule has 4 heteroatoms. The van der Waals surface area contributed by atoms with E-state index in [0.29, 0.717) is 6.54 Å². The summed E-state index contributed by atoms with van der Waals surface area (Å²) in [5.74, 6) is 0. The van der Waals surface area contributed by atoms with E-state index in [1.165, 1.54) is 0 Å². The van der Waals surface area contributed by atoms with Gasteiger partial charge in [-0.15, -0.1) is 0 Å². The van der Waals surface area contributed by atoms with Gasteiger partial charge >= 0.3 is 6.09 Å². The van der Waals surface area contributed by atoms with E-state index < -0.39 is 0 Å². The van der Waals surface area contributed by atoms with Crippen LogP contribution in [0.3, 0.4) is 0 Å². The molecule has 0 spiro atoms. The molecule has 1 rings (SSSR count). The Balaban J connectivity index is 2.93. The van der Waals surface area contributed by atoms with Crippen LogP contribution in [0.15, 0.2) is 24.3 Å². The summed E-state index contributed by atoms with van der Waals surface area (Å²) in [6.07, 6.45) is -0.442. The molecule has 2 N–H and O–H groups in total. The maximum Gasteiger partial charge on any atom is 0.414 e. The lowest BCUT2D eigenvalue weighted by molar-refractivity contribution is 0.121. The van der Waals surface area contributed by atoms with Crippen LogP contribution < -0.4 is 10.6 Å². The largest absolute Gasteiger partial charge is 0.446 e. The SMILES string of the molecule is CC(C)OC(=O)N(c1ccc(CN)cc1)C(C)C. The molecule has 0 bridgehead atoms. The zero-order valence-corrected chi connectivity index (χ0v) is 11.5. The summed E-state index contributed by atoms with van der Waals surface area (Å²) in [6.45, 7) is 8.09. The number of nitrogens with zero attached hydrogens (tertiary/aromatic N) is 1. The van der Waals surface area contributed by atoms with Crippen molar-refractivity contribution < 1.29 is 9.53 Å². The fraction of sp³-hybridized carbons (Fsp3) is 0.500. The molecule has 100 valence electrons. The molecule has 0 aliphatic carbocycles. The van der Waals surface area contributed by atoms with Gasteiger partial charge in [-0.25, -0.2) is 4.79 Å². The first-order valence-corrected chi connectivity index (χ1v) is 6.24. The van der Waals surface area contributed by atoms with E-state index in [4.69, 9.17) is 10.5 Å². The highest BCUT2D eigenvalue weighted by Crippen LogP contribution is 2.19. The van der Waals surface area contributed by atoms with Crippen LogP contribution in [0.4, 0.5) is 10.5 Å². The van der Waals surface area contributed by atoms with E-state index in [0.717, 1.165) is 11.3 Å². The maximum absolute atomic E-state index is 12.0. The van der Waals surface area contributed by atoms with E-state index in [-0.39, 0.29) is 18.2 Å². The molecule has 0 saturated heterocycles. The molecular weight excluding hydrogens is 228 g/mol. The number of hydrogen-bond acceptors (Lipinski definition) is 3. The van der Waals surface area contributed by atoms with Gasteiger partial charge in [-0.05, 0) is 45.4 Å². The quantitative estimate of drug-likeness (QED) is 0.894. The normalized spacial score (nSPS) is 10.8. The summed E-state index contributed by atoms with van der Waals surface area (Å²) in [5, 5.41) is 0. The Morgan fingerprint density at radius 1 is 1.22 bits per heavy atom. The first-order chi connectivity index (χ1) is 8.45.